The molecule has 2 aromatic heterocycles. The molecule has 4 aromatic rings. The summed E-state index contributed by atoms with van der Waals surface area (Å²) in [6, 6.07) is 12.3. The van der Waals surface area contributed by atoms with Gasteiger partial charge in [0.1, 0.15) is 11.5 Å². The molecule has 6 N–H and O–H groups in total. The molecule has 0 radical (unpaired) electrons. The molecule has 2 fully saturated rings. The number of carbonyl (C=O) groups excluding carboxylic acids is 1. The first-order valence-electron chi connectivity index (χ1n) is 13.8. The third-order valence-electron chi connectivity index (χ3n) is 7.80. The lowest BCUT2D eigenvalue weighted by atomic mass is 10.0. The van der Waals surface area contributed by atoms with Crippen LogP contribution in [-0.2, 0) is 4.74 Å². The minimum atomic E-state index is -0.672. The fraction of sp³-hybridized carbons (Fsp3) is 0.345. The van der Waals surface area contributed by atoms with Crippen molar-refractivity contribution in [1.82, 2.24) is 14.9 Å². The number of aromatic nitrogens is 3. The Hall–Kier alpha value is -4.42. The van der Waals surface area contributed by atoms with Crippen LogP contribution in [0.3, 0.4) is 0 Å². The van der Waals surface area contributed by atoms with Gasteiger partial charge < -0.3 is 25.4 Å². The number of nitrogens with one attached hydrogen (secondary N) is 4. The number of halogens is 1. The number of fused-ring (bicyclic) bond motifs is 1. The highest BCUT2D eigenvalue weighted by atomic mass is 19.1. The number of piperidine rings is 1. The summed E-state index contributed by atoms with van der Waals surface area (Å²) in [4.78, 5) is 27.9. The fourth-order valence-corrected chi connectivity index (χ4v) is 5.64. The van der Waals surface area contributed by atoms with Gasteiger partial charge in [0.2, 0.25) is 11.5 Å². The maximum atomic E-state index is 14.0. The maximum Gasteiger partial charge on any atom is 0.351 e. The van der Waals surface area contributed by atoms with E-state index in [2.05, 4.69) is 41.5 Å². The van der Waals surface area contributed by atoms with Crippen molar-refractivity contribution in [3.8, 4) is 5.75 Å². The normalized spacial score (nSPS) is 16.6. The van der Waals surface area contributed by atoms with E-state index in [0.717, 1.165) is 69.0 Å². The lowest BCUT2D eigenvalue weighted by Crippen LogP contribution is -2.49. The highest BCUT2D eigenvalue weighted by Gasteiger charge is 2.26. The third-order valence-corrected chi connectivity index (χ3v) is 7.80. The van der Waals surface area contributed by atoms with Gasteiger partial charge in [-0.3, -0.25) is 20.0 Å². The van der Waals surface area contributed by atoms with Gasteiger partial charge in [-0.15, -0.1) is 0 Å². The minimum absolute atomic E-state index is 0.158. The molecule has 2 aromatic carbocycles. The van der Waals surface area contributed by atoms with E-state index in [9.17, 15) is 9.18 Å². The molecule has 4 heterocycles. The first-order valence-corrected chi connectivity index (χ1v) is 13.8. The van der Waals surface area contributed by atoms with Gasteiger partial charge in [-0.1, -0.05) is 4.98 Å². The molecule has 41 heavy (non-hydrogen) atoms. The number of nitrogens with two attached hydrogens (primary N) is 1. The number of amides is 1. The Kier molecular flexibility index (Phi) is 7.57. The van der Waals surface area contributed by atoms with E-state index in [1.54, 1.807) is 13.3 Å². The number of hydrogen-bond donors (Lipinski definition) is 4. The summed E-state index contributed by atoms with van der Waals surface area (Å²) in [6.45, 7) is 5.66. The Balaban J connectivity index is 1.21. The lowest BCUT2D eigenvalue weighted by molar-refractivity contribution is -0.333. The Labute approximate surface area is 236 Å². The van der Waals surface area contributed by atoms with E-state index >= 15 is 0 Å². The molecular formula is C29H34FN8O3+. The van der Waals surface area contributed by atoms with Crippen molar-refractivity contribution in [2.24, 2.45) is 5.73 Å². The molecule has 12 heteroatoms. The van der Waals surface area contributed by atoms with Gasteiger partial charge in [-0.05, 0) is 49.2 Å². The van der Waals surface area contributed by atoms with Crippen LogP contribution in [0.5, 0.6) is 5.75 Å². The van der Waals surface area contributed by atoms with Gasteiger partial charge >= 0.3 is 5.95 Å². The zero-order chi connectivity index (χ0) is 28.3. The number of rotatable bonds is 8. The zero-order valence-electron chi connectivity index (χ0n) is 22.9. The second-order valence-corrected chi connectivity index (χ2v) is 10.3. The number of morpholine rings is 1. The van der Waals surface area contributed by atoms with Crippen molar-refractivity contribution < 1.29 is 23.6 Å². The number of benzene rings is 2. The first kappa shape index (κ1) is 26.8. The average Bonchev–Trinajstić information content (AvgIpc) is 3.47. The summed E-state index contributed by atoms with van der Waals surface area (Å²) >= 11 is 0. The summed E-state index contributed by atoms with van der Waals surface area (Å²) in [5.74, 6) is 0.328. The summed E-state index contributed by atoms with van der Waals surface area (Å²) in [6.07, 6.45) is 4.00. The first-order chi connectivity index (χ1) is 20.0. The predicted molar refractivity (Wildman–Crippen MR) is 155 cm³/mol. The zero-order valence-corrected chi connectivity index (χ0v) is 22.9. The van der Waals surface area contributed by atoms with Gasteiger partial charge in [0.15, 0.2) is 5.75 Å². The van der Waals surface area contributed by atoms with Crippen molar-refractivity contribution in [3.05, 3.63) is 60.0 Å². The second-order valence-electron chi connectivity index (χ2n) is 10.3. The molecular weight excluding hydrogens is 527 g/mol. The summed E-state index contributed by atoms with van der Waals surface area (Å²) in [5.41, 5.74) is 8.41. The molecule has 214 valence electrons. The number of H-pyrrole nitrogens is 2. The molecule has 2 aliphatic heterocycles. The topological polar surface area (TPSA) is 135 Å². The van der Waals surface area contributed by atoms with Crippen LogP contribution in [0, 0.1) is 5.82 Å². The van der Waals surface area contributed by atoms with Gasteiger partial charge in [-0.2, -0.15) is 0 Å². The average molecular weight is 562 g/mol. The van der Waals surface area contributed by atoms with Crippen LogP contribution in [0.2, 0.25) is 0 Å². The van der Waals surface area contributed by atoms with Crippen molar-refractivity contribution >= 4 is 45.8 Å². The largest absolute Gasteiger partial charge is 0.493 e. The number of aromatic amines is 2. The fourth-order valence-electron chi connectivity index (χ4n) is 5.64. The molecule has 0 bridgehead atoms. The second kappa shape index (κ2) is 11.6. The van der Waals surface area contributed by atoms with E-state index in [0.29, 0.717) is 29.2 Å². The van der Waals surface area contributed by atoms with Crippen LogP contribution in [0.25, 0.3) is 11.0 Å². The van der Waals surface area contributed by atoms with Crippen LogP contribution in [0.15, 0.2) is 48.7 Å². The van der Waals surface area contributed by atoms with E-state index in [4.69, 9.17) is 15.2 Å². The number of primary amides is 1. The summed E-state index contributed by atoms with van der Waals surface area (Å²) in [7, 11) is 1.64. The highest BCUT2D eigenvalue weighted by Crippen LogP contribution is 2.34. The molecule has 2 saturated heterocycles. The smallest absolute Gasteiger partial charge is 0.351 e. The Morgan fingerprint density at radius 3 is 2.66 bits per heavy atom. The lowest BCUT2D eigenvalue weighted by Gasteiger charge is -2.40. The van der Waals surface area contributed by atoms with Crippen LogP contribution in [0.4, 0.5) is 33.2 Å². The van der Waals surface area contributed by atoms with E-state index in [1.165, 1.54) is 18.2 Å². The molecule has 2 aliphatic rings. The monoisotopic (exact) mass is 561 g/mol. The SMILES string of the molecule is COc1cc(N2CCC(N3CCOCC3)CC2)ccc1Nc1nc(Nc2cc(F)ccc2C(N)=O)c2cc[nH]c2[nH+]1. The highest BCUT2D eigenvalue weighted by molar-refractivity contribution is 6.00. The van der Waals surface area contributed by atoms with Gasteiger partial charge in [0, 0.05) is 50.2 Å². The molecule has 0 unspecified atom stereocenters. The van der Waals surface area contributed by atoms with Crippen molar-refractivity contribution in [1.29, 1.82) is 0 Å². The predicted octanol–water partition coefficient (Wildman–Crippen LogP) is 3.41. The molecule has 6 rings (SSSR count). The molecule has 0 saturated carbocycles. The number of methoxy groups -OCH3 is 1. The van der Waals surface area contributed by atoms with Crippen LogP contribution in [0.1, 0.15) is 23.2 Å². The molecule has 0 atom stereocenters. The van der Waals surface area contributed by atoms with E-state index < -0.39 is 11.7 Å². The number of ether oxygens (including phenoxy) is 2. The van der Waals surface area contributed by atoms with Crippen molar-refractivity contribution in [2.45, 2.75) is 18.9 Å². The molecule has 1 amide bonds. The number of nitrogens with zero attached hydrogens (tertiary/aromatic N) is 3. The van der Waals surface area contributed by atoms with Crippen molar-refractivity contribution in [3.63, 3.8) is 0 Å². The van der Waals surface area contributed by atoms with Crippen molar-refractivity contribution in [2.75, 3.05) is 62.0 Å². The number of anilines is 5. The number of hydrogen-bond acceptors (Lipinski definition) is 8. The van der Waals surface area contributed by atoms with Gasteiger partial charge in [0.25, 0.3) is 5.91 Å². The van der Waals surface area contributed by atoms with Crippen LogP contribution in [-0.4, -0.2) is 73.3 Å². The third kappa shape index (κ3) is 5.74. The maximum absolute atomic E-state index is 14.0. The Morgan fingerprint density at radius 1 is 1.10 bits per heavy atom. The van der Waals surface area contributed by atoms with E-state index in [1.807, 2.05) is 18.2 Å². The van der Waals surface area contributed by atoms with Crippen LogP contribution >= 0.6 is 0 Å². The van der Waals surface area contributed by atoms with Crippen LogP contribution < -0.4 is 31.0 Å². The van der Waals surface area contributed by atoms with Gasteiger partial charge in [0.05, 0.1) is 37.0 Å². The molecule has 0 spiro atoms. The van der Waals surface area contributed by atoms with E-state index in [-0.39, 0.29) is 11.3 Å². The minimum Gasteiger partial charge on any atom is -0.493 e. The Bertz CT molecular complexity index is 1550. The summed E-state index contributed by atoms with van der Waals surface area (Å²) < 4.78 is 25.3. The Morgan fingerprint density at radius 2 is 1.90 bits per heavy atom. The standard InChI is InChI=1S/C29H33FN8O3/c1-40-25-17-20(37-10-7-19(8-11-37)38-12-14-41-15-13-38)3-5-23(25)34-29-35-27-22(6-9-32-27)28(36-29)33-24-16-18(30)2-4-21(24)26(31)39/h2-6,9,16-17,19H,7-8,10-15H2,1H3,(H2,31,39)(H3,32,33,34,35,36)/p+1. The van der Waals surface area contributed by atoms with Gasteiger partial charge in [-0.25, -0.2) is 9.37 Å². The number of carbonyl (C=O) groups is 1. The quantitative estimate of drug-likeness (QED) is 0.257. The molecule has 0 aliphatic carbocycles. The summed E-state index contributed by atoms with van der Waals surface area (Å²) in [5, 5.41) is 7.10. The molecule has 11 nitrogen and oxygen atoms in total.